The van der Waals surface area contributed by atoms with Crippen molar-refractivity contribution in [2.75, 3.05) is 0 Å². The summed E-state index contributed by atoms with van der Waals surface area (Å²) < 4.78 is 11.2. The van der Waals surface area contributed by atoms with Crippen LogP contribution >= 0.6 is 0 Å². The molecule has 1 aliphatic rings. The van der Waals surface area contributed by atoms with Gasteiger partial charge in [0.05, 0.1) is 17.9 Å². The van der Waals surface area contributed by atoms with Gasteiger partial charge in [-0.3, -0.25) is 4.79 Å². The number of primary amides is 1. The second-order valence-corrected chi connectivity index (χ2v) is 5.41. The van der Waals surface area contributed by atoms with Gasteiger partial charge in [-0.15, -0.1) is 0 Å². The molecular formula is C13H18N2O3. The summed E-state index contributed by atoms with van der Waals surface area (Å²) in [4.78, 5) is 15.5. The average Bonchev–Trinajstić information content (AvgIpc) is 3.01. The summed E-state index contributed by atoms with van der Waals surface area (Å²) in [5, 5.41) is 0. The number of rotatable bonds is 4. The lowest BCUT2D eigenvalue weighted by molar-refractivity contribution is 0.0989. The van der Waals surface area contributed by atoms with Crippen molar-refractivity contribution in [3.8, 4) is 11.6 Å². The summed E-state index contributed by atoms with van der Waals surface area (Å²) in [5.41, 5.74) is 5.28. The third-order valence-corrected chi connectivity index (χ3v) is 2.34. The number of nitrogens with zero attached hydrogens (tertiary/aromatic N) is 1. The topological polar surface area (TPSA) is 74.4 Å². The van der Waals surface area contributed by atoms with E-state index in [1.165, 1.54) is 12.3 Å². The molecule has 18 heavy (non-hydrogen) atoms. The van der Waals surface area contributed by atoms with Gasteiger partial charge in [-0.05, 0) is 33.6 Å². The Hall–Kier alpha value is -1.78. The van der Waals surface area contributed by atoms with Crippen molar-refractivity contribution >= 4 is 5.91 Å². The van der Waals surface area contributed by atoms with Gasteiger partial charge in [0.1, 0.15) is 5.60 Å². The standard InChI is InChI=1S/C13H18N2O3/c1-13(2,3)18-11-6-9(12(14)16)10(7-15-11)17-8-4-5-8/h6-8H,4-5H2,1-3H3,(H2,14,16). The molecule has 1 heterocycles. The Labute approximate surface area is 106 Å². The van der Waals surface area contributed by atoms with E-state index in [0.717, 1.165) is 12.8 Å². The summed E-state index contributed by atoms with van der Waals surface area (Å²) in [6, 6.07) is 1.53. The number of carbonyl (C=O) groups is 1. The van der Waals surface area contributed by atoms with Crippen LogP contribution in [0.2, 0.25) is 0 Å². The van der Waals surface area contributed by atoms with Crippen LogP contribution in [0, 0.1) is 0 Å². The van der Waals surface area contributed by atoms with Crippen LogP contribution in [-0.2, 0) is 0 Å². The normalized spacial score (nSPS) is 15.3. The van der Waals surface area contributed by atoms with Crippen molar-refractivity contribution in [2.45, 2.75) is 45.3 Å². The largest absolute Gasteiger partial charge is 0.488 e. The van der Waals surface area contributed by atoms with Crippen LogP contribution in [0.25, 0.3) is 0 Å². The van der Waals surface area contributed by atoms with Crippen LogP contribution in [0.15, 0.2) is 12.3 Å². The molecule has 0 unspecified atom stereocenters. The molecule has 1 aliphatic carbocycles. The molecule has 5 nitrogen and oxygen atoms in total. The SMILES string of the molecule is CC(C)(C)Oc1cc(C(N)=O)c(OC2CC2)cn1. The average molecular weight is 250 g/mol. The number of ether oxygens (including phenoxy) is 2. The fraction of sp³-hybridized carbons (Fsp3) is 0.538. The quantitative estimate of drug-likeness (QED) is 0.885. The van der Waals surface area contributed by atoms with E-state index in [1.807, 2.05) is 20.8 Å². The van der Waals surface area contributed by atoms with Crippen molar-refractivity contribution in [2.24, 2.45) is 5.73 Å². The molecule has 0 radical (unpaired) electrons. The van der Waals surface area contributed by atoms with Crippen molar-refractivity contribution in [1.82, 2.24) is 4.98 Å². The molecule has 1 saturated carbocycles. The van der Waals surface area contributed by atoms with Gasteiger partial charge in [-0.2, -0.15) is 0 Å². The first-order chi connectivity index (χ1) is 8.35. The predicted molar refractivity (Wildman–Crippen MR) is 66.8 cm³/mol. The summed E-state index contributed by atoms with van der Waals surface area (Å²) >= 11 is 0. The van der Waals surface area contributed by atoms with E-state index in [-0.39, 0.29) is 11.7 Å². The van der Waals surface area contributed by atoms with Gasteiger partial charge in [-0.25, -0.2) is 4.98 Å². The zero-order chi connectivity index (χ0) is 13.3. The van der Waals surface area contributed by atoms with Crippen molar-refractivity contribution in [1.29, 1.82) is 0 Å². The van der Waals surface area contributed by atoms with Crippen LogP contribution in [0.3, 0.4) is 0 Å². The Morgan fingerprint density at radius 3 is 2.61 bits per heavy atom. The Kier molecular flexibility index (Phi) is 3.15. The molecule has 5 heteroatoms. The third-order valence-electron chi connectivity index (χ3n) is 2.34. The second kappa shape index (κ2) is 4.48. The summed E-state index contributed by atoms with van der Waals surface area (Å²) in [6.45, 7) is 5.73. The lowest BCUT2D eigenvalue weighted by Gasteiger charge is -2.21. The van der Waals surface area contributed by atoms with Crippen LogP contribution < -0.4 is 15.2 Å². The van der Waals surface area contributed by atoms with E-state index in [1.54, 1.807) is 0 Å². The van der Waals surface area contributed by atoms with Gasteiger partial charge in [-0.1, -0.05) is 0 Å². The van der Waals surface area contributed by atoms with Crippen molar-refractivity contribution < 1.29 is 14.3 Å². The van der Waals surface area contributed by atoms with E-state index < -0.39 is 5.91 Å². The predicted octanol–water partition coefficient (Wildman–Crippen LogP) is 1.90. The highest BCUT2D eigenvalue weighted by atomic mass is 16.5. The van der Waals surface area contributed by atoms with Crippen molar-refractivity contribution in [3.63, 3.8) is 0 Å². The highest BCUT2D eigenvalue weighted by Gasteiger charge is 2.26. The summed E-state index contributed by atoms with van der Waals surface area (Å²) in [6.07, 6.45) is 3.72. The smallest absolute Gasteiger partial charge is 0.252 e. The molecule has 0 aromatic carbocycles. The van der Waals surface area contributed by atoms with Crippen LogP contribution in [0.5, 0.6) is 11.6 Å². The Morgan fingerprint density at radius 1 is 1.44 bits per heavy atom. The van der Waals surface area contributed by atoms with E-state index in [0.29, 0.717) is 17.2 Å². The van der Waals surface area contributed by atoms with E-state index >= 15 is 0 Å². The van der Waals surface area contributed by atoms with Crippen LogP contribution in [-0.4, -0.2) is 22.6 Å². The molecular weight excluding hydrogens is 232 g/mol. The van der Waals surface area contributed by atoms with Gasteiger partial charge in [0.25, 0.3) is 5.91 Å². The first kappa shape index (κ1) is 12.7. The van der Waals surface area contributed by atoms with Crippen LogP contribution in [0.1, 0.15) is 44.0 Å². The zero-order valence-corrected chi connectivity index (χ0v) is 10.9. The highest BCUT2D eigenvalue weighted by Crippen LogP contribution is 2.30. The number of hydrogen-bond donors (Lipinski definition) is 1. The molecule has 0 bridgehead atoms. The third kappa shape index (κ3) is 3.35. The molecule has 1 fully saturated rings. The van der Waals surface area contributed by atoms with Gasteiger partial charge < -0.3 is 15.2 Å². The highest BCUT2D eigenvalue weighted by molar-refractivity contribution is 5.95. The maximum absolute atomic E-state index is 11.4. The lowest BCUT2D eigenvalue weighted by atomic mass is 10.2. The minimum Gasteiger partial charge on any atom is -0.488 e. The number of nitrogens with two attached hydrogens (primary N) is 1. The molecule has 1 amide bonds. The monoisotopic (exact) mass is 250 g/mol. The Bertz CT molecular complexity index is 462. The molecule has 0 saturated heterocycles. The number of carbonyl (C=O) groups excluding carboxylic acids is 1. The number of aromatic nitrogens is 1. The Morgan fingerprint density at radius 2 is 2.11 bits per heavy atom. The summed E-state index contributed by atoms with van der Waals surface area (Å²) in [7, 11) is 0. The number of amides is 1. The maximum atomic E-state index is 11.4. The molecule has 0 spiro atoms. The molecule has 2 N–H and O–H groups in total. The first-order valence-corrected chi connectivity index (χ1v) is 6.01. The molecule has 0 aliphatic heterocycles. The van der Waals surface area contributed by atoms with E-state index in [9.17, 15) is 4.79 Å². The fourth-order valence-corrected chi connectivity index (χ4v) is 1.45. The van der Waals surface area contributed by atoms with Crippen molar-refractivity contribution in [3.05, 3.63) is 17.8 Å². The summed E-state index contributed by atoms with van der Waals surface area (Å²) in [5.74, 6) is 0.275. The van der Waals surface area contributed by atoms with E-state index in [4.69, 9.17) is 15.2 Å². The molecule has 1 aromatic heterocycles. The minimum atomic E-state index is -0.535. The molecule has 0 atom stereocenters. The van der Waals surface area contributed by atoms with Gasteiger partial charge in [0.15, 0.2) is 5.75 Å². The van der Waals surface area contributed by atoms with Gasteiger partial charge in [0.2, 0.25) is 5.88 Å². The number of pyridine rings is 1. The molecule has 1 aromatic rings. The molecule has 98 valence electrons. The lowest BCUT2D eigenvalue weighted by Crippen LogP contribution is -2.24. The Balaban J connectivity index is 2.24. The number of hydrogen-bond acceptors (Lipinski definition) is 4. The van der Waals surface area contributed by atoms with Crippen LogP contribution in [0.4, 0.5) is 0 Å². The first-order valence-electron chi connectivity index (χ1n) is 6.01. The second-order valence-electron chi connectivity index (χ2n) is 5.41. The zero-order valence-electron chi connectivity index (χ0n) is 10.9. The fourth-order valence-electron chi connectivity index (χ4n) is 1.45. The minimum absolute atomic E-state index is 0.194. The van der Waals surface area contributed by atoms with E-state index in [2.05, 4.69) is 4.98 Å². The van der Waals surface area contributed by atoms with Gasteiger partial charge in [0, 0.05) is 6.07 Å². The molecule has 2 rings (SSSR count). The van der Waals surface area contributed by atoms with Gasteiger partial charge >= 0.3 is 0 Å². The maximum Gasteiger partial charge on any atom is 0.252 e.